The third kappa shape index (κ3) is 3.04. The van der Waals surface area contributed by atoms with Crippen LogP contribution in [0.4, 0.5) is 0 Å². The minimum atomic E-state index is 0.129. The number of rotatable bonds is 3. The van der Waals surface area contributed by atoms with Crippen molar-refractivity contribution >= 4 is 45.2 Å². The van der Waals surface area contributed by atoms with Gasteiger partial charge in [0.25, 0.3) is 0 Å². The van der Waals surface area contributed by atoms with Gasteiger partial charge in [-0.1, -0.05) is 22.9 Å². The first-order chi connectivity index (χ1) is 9.65. The van der Waals surface area contributed by atoms with Gasteiger partial charge in [-0.2, -0.15) is 11.8 Å². The summed E-state index contributed by atoms with van der Waals surface area (Å²) in [5.74, 6) is 3.52. The van der Waals surface area contributed by atoms with Crippen molar-refractivity contribution in [1.29, 1.82) is 0 Å². The van der Waals surface area contributed by atoms with Gasteiger partial charge >= 0.3 is 0 Å². The number of benzene rings is 1. The normalized spacial score (nSPS) is 25.1. The second-order valence-electron chi connectivity index (χ2n) is 5.16. The van der Waals surface area contributed by atoms with Crippen LogP contribution in [-0.4, -0.2) is 34.4 Å². The molecule has 0 bridgehead atoms. The summed E-state index contributed by atoms with van der Waals surface area (Å²) in [6, 6.07) is 4.14. The average Bonchev–Trinajstić information content (AvgIpc) is 2.87. The van der Waals surface area contributed by atoms with Crippen LogP contribution >= 0.6 is 39.5 Å². The van der Waals surface area contributed by atoms with Crippen molar-refractivity contribution in [1.82, 2.24) is 0 Å². The van der Waals surface area contributed by atoms with Crippen LogP contribution in [-0.2, 0) is 17.6 Å². The molecule has 108 valence electrons. The number of ether oxygens (including phenoxy) is 1. The highest BCUT2D eigenvalue weighted by Crippen LogP contribution is 2.36. The minimum absolute atomic E-state index is 0.129. The summed E-state index contributed by atoms with van der Waals surface area (Å²) in [4.78, 5) is 12.6. The van der Waals surface area contributed by atoms with Crippen molar-refractivity contribution in [3.05, 3.63) is 27.7 Å². The molecule has 1 fully saturated rings. The maximum atomic E-state index is 12.6. The van der Waals surface area contributed by atoms with Gasteiger partial charge in [0.2, 0.25) is 0 Å². The molecule has 1 aromatic carbocycles. The Kier molecular flexibility index (Phi) is 4.68. The Balaban J connectivity index is 1.79. The lowest BCUT2D eigenvalue weighted by Gasteiger charge is -2.26. The molecule has 2 heterocycles. The van der Waals surface area contributed by atoms with E-state index in [1.54, 1.807) is 0 Å². The van der Waals surface area contributed by atoms with Gasteiger partial charge < -0.3 is 4.74 Å². The molecule has 0 radical (unpaired) electrons. The molecule has 1 saturated heterocycles. The smallest absolute Gasteiger partial charge is 0.151 e. The lowest BCUT2D eigenvalue weighted by atomic mass is 10.0. The van der Waals surface area contributed by atoms with E-state index in [4.69, 9.17) is 4.74 Å². The van der Waals surface area contributed by atoms with Gasteiger partial charge in [0, 0.05) is 39.6 Å². The van der Waals surface area contributed by atoms with Crippen molar-refractivity contribution in [2.45, 2.75) is 30.3 Å². The van der Waals surface area contributed by atoms with Gasteiger partial charge in [0.05, 0.1) is 11.9 Å². The highest BCUT2D eigenvalue weighted by molar-refractivity contribution is 9.10. The Hall–Kier alpha value is -0.130. The Bertz CT molecular complexity index is 533. The SMILES string of the molecule is CC1SCCSC1C(=O)Cc1cc(Br)cc2c1OCC2. The first kappa shape index (κ1) is 14.8. The summed E-state index contributed by atoms with van der Waals surface area (Å²) < 4.78 is 6.76. The van der Waals surface area contributed by atoms with Crippen molar-refractivity contribution in [2.75, 3.05) is 18.1 Å². The van der Waals surface area contributed by atoms with E-state index < -0.39 is 0 Å². The van der Waals surface area contributed by atoms with Crippen LogP contribution in [0.1, 0.15) is 18.1 Å². The van der Waals surface area contributed by atoms with E-state index >= 15 is 0 Å². The standard InChI is InChI=1S/C15H17BrO2S2/c1-9-15(20-5-4-19-9)13(17)8-11-7-12(16)6-10-2-3-18-14(10)11/h6-7,9,15H,2-5,8H2,1H3. The fourth-order valence-corrected chi connectivity index (χ4v) is 6.04. The molecule has 20 heavy (non-hydrogen) atoms. The number of hydrogen-bond acceptors (Lipinski definition) is 4. The van der Waals surface area contributed by atoms with Crippen LogP contribution in [0, 0.1) is 0 Å². The maximum Gasteiger partial charge on any atom is 0.151 e. The summed E-state index contributed by atoms with van der Waals surface area (Å²) in [6.45, 7) is 2.90. The summed E-state index contributed by atoms with van der Waals surface area (Å²) in [5.41, 5.74) is 2.26. The average molecular weight is 373 g/mol. The monoisotopic (exact) mass is 372 g/mol. The van der Waals surface area contributed by atoms with Gasteiger partial charge in [-0.15, -0.1) is 11.8 Å². The number of carbonyl (C=O) groups is 1. The fraction of sp³-hybridized carbons (Fsp3) is 0.533. The molecule has 2 nitrogen and oxygen atoms in total. The number of halogens is 1. The molecule has 0 spiro atoms. The number of thioether (sulfide) groups is 2. The van der Waals surface area contributed by atoms with E-state index in [1.807, 2.05) is 29.6 Å². The van der Waals surface area contributed by atoms with E-state index in [0.29, 0.717) is 17.5 Å². The van der Waals surface area contributed by atoms with Gasteiger partial charge in [0.1, 0.15) is 5.75 Å². The molecule has 0 N–H and O–H groups in total. The summed E-state index contributed by atoms with van der Waals surface area (Å²) in [6.07, 6.45) is 1.44. The number of Topliss-reactive ketones (excluding diaryl/α,β-unsaturated/α-hetero) is 1. The lowest BCUT2D eigenvalue weighted by molar-refractivity contribution is -0.117. The number of ketones is 1. The maximum absolute atomic E-state index is 12.6. The van der Waals surface area contributed by atoms with Crippen molar-refractivity contribution in [3.63, 3.8) is 0 Å². The molecule has 0 aromatic heterocycles. The van der Waals surface area contributed by atoms with Gasteiger partial charge in [-0.3, -0.25) is 4.79 Å². The number of fused-ring (bicyclic) bond motifs is 1. The van der Waals surface area contributed by atoms with Crippen LogP contribution in [0.5, 0.6) is 5.75 Å². The van der Waals surface area contributed by atoms with Crippen LogP contribution < -0.4 is 4.74 Å². The van der Waals surface area contributed by atoms with E-state index in [9.17, 15) is 4.79 Å². The van der Waals surface area contributed by atoms with Gasteiger partial charge in [-0.25, -0.2) is 0 Å². The van der Waals surface area contributed by atoms with Crippen LogP contribution in [0.2, 0.25) is 0 Å². The molecular formula is C15H17BrO2S2. The van der Waals surface area contributed by atoms with Crippen LogP contribution in [0.15, 0.2) is 16.6 Å². The number of carbonyl (C=O) groups excluding carboxylic acids is 1. The second kappa shape index (κ2) is 6.32. The second-order valence-corrected chi connectivity index (χ2v) is 8.81. The molecule has 5 heteroatoms. The van der Waals surface area contributed by atoms with Gasteiger partial charge in [0.15, 0.2) is 5.78 Å². The fourth-order valence-electron chi connectivity index (χ4n) is 2.75. The zero-order valence-corrected chi connectivity index (χ0v) is 14.6. The van der Waals surface area contributed by atoms with Gasteiger partial charge in [-0.05, 0) is 17.7 Å². The summed E-state index contributed by atoms with van der Waals surface area (Å²) >= 11 is 7.26. The van der Waals surface area contributed by atoms with Crippen molar-refractivity contribution in [3.8, 4) is 5.75 Å². The highest BCUT2D eigenvalue weighted by atomic mass is 79.9. The third-order valence-corrected chi connectivity index (χ3v) is 7.29. The molecule has 0 aliphatic carbocycles. The zero-order valence-electron chi connectivity index (χ0n) is 11.4. The predicted molar refractivity (Wildman–Crippen MR) is 90.2 cm³/mol. The molecule has 2 aliphatic heterocycles. The largest absolute Gasteiger partial charge is 0.493 e. The van der Waals surface area contributed by atoms with E-state index in [2.05, 4.69) is 28.9 Å². The Morgan fingerprint density at radius 3 is 3.00 bits per heavy atom. The Morgan fingerprint density at radius 1 is 1.40 bits per heavy atom. The molecular weight excluding hydrogens is 356 g/mol. The molecule has 0 amide bonds. The van der Waals surface area contributed by atoms with Crippen molar-refractivity contribution in [2.24, 2.45) is 0 Å². The predicted octanol–water partition coefficient (Wildman–Crippen LogP) is 3.73. The molecule has 2 aliphatic rings. The Morgan fingerprint density at radius 2 is 2.20 bits per heavy atom. The summed E-state index contributed by atoms with van der Waals surface area (Å²) in [7, 11) is 0. The van der Waals surface area contributed by atoms with E-state index in [1.165, 1.54) is 5.56 Å². The topological polar surface area (TPSA) is 26.3 Å². The summed E-state index contributed by atoms with van der Waals surface area (Å²) in [5, 5.41) is 0.548. The first-order valence-corrected chi connectivity index (χ1v) is 9.74. The molecule has 2 atom stereocenters. The zero-order chi connectivity index (χ0) is 14.1. The molecule has 2 unspecified atom stereocenters. The molecule has 1 aromatic rings. The van der Waals surface area contributed by atoms with Crippen molar-refractivity contribution < 1.29 is 9.53 Å². The Labute approximate surface area is 136 Å². The first-order valence-electron chi connectivity index (χ1n) is 6.85. The van der Waals surface area contributed by atoms with Crippen LogP contribution in [0.3, 0.4) is 0 Å². The minimum Gasteiger partial charge on any atom is -0.493 e. The highest BCUT2D eigenvalue weighted by Gasteiger charge is 2.30. The van der Waals surface area contributed by atoms with E-state index in [0.717, 1.165) is 40.3 Å². The quantitative estimate of drug-likeness (QED) is 0.807. The van der Waals surface area contributed by atoms with Crippen LogP contribution in [0.25, 0.3) is 0 Å². The molecule has 0 saturated carbocycles. The molecule has 3 rings (SSSR count). The third-order valence-electron chi connectivity index (χ3n) is 3.70. The van der Waals surface area contributed by atoms with E-state index in [-0.39, 0.29) is 5.25 Å². The number of hydrogen-bond donors (Lipinski definition) is 0. The lowest BCUT2D eigenvalue weighted by Crippen LogP contribution is -2.32.